The summed E-state index contributed by atoms with van der Waals surface area (Å²) in [7, 11) is 1.54. The number of aromatic nitrogens is 2. The average molecular weight is 433 g/mol. The van der Waals surface area contributed by atoms with Crippen molar-refractivity contribution in [2.45, 2.75) is 6.61 Å². The third kappa shape index (κ3) is 4.70. The Morgan fingerprint density at radius 2 is 1.72 bits per heavy atom. The molecule has 0 aliphatic rings. The molecule has 7 nitrogen and oxygen atoms in total. The number of phenolic OH excluding ortho intramolecular Hbond substituents is 1. The van der Waals surface area contributed by atoms with Crippen molar-refractivity contribution in [3.05, 3.63) is 84.3 Å². The summed E-state index contributed by atoms with van der Waals surface area (Å²) >= 11 is 0. The molecule has 162 valence electrons. The van der Waals surface area contributed by atoms with Crippen molar-refractivity contribution < 1.29 is 23.7 Å². The summed E-state index contributed by atoms with van der Waals surface area (Å²) in [4.78, 5) is 8.25. The first kappa shape index (κ1) is 20.9. The molecule has 0 spiro atoms. The van der Waals surface area contributed by atoms with E-state index < -0.39 is 0 Å². The molecule has 0 aliphatic carbocycles. The summed E-state index contributed by atoms with van der Waals surface area (Å²) < 4.78 is 30.0. The SMILES string of the molecule is COc1ccccc1Oc1cnc(N)nc1-c1ccc(OCc2ccc(F)cc2)cc1O. The van der Waals surface area contributed by atoms with E-state index >= 15 is 0 Å². The second kappa shape index (κ2) is 9.22. The molecule has 0 fully saturated rings. The fraction of sp³-hybridized carbons (Fsp3) is 0.0833. The van der Waals surface area contributed by atoms with Gasteiger partial charge in [-0.3, -0.25) is 0 Å². The zero-order valence-corrected chi connectivity index (χ0v) is 17.2. The van der Waals surface area contributed by atoms with Crippen LogP contribution in [0.3, 0.4) is 0 Å². The maximum Gasteiger partial charge on any atom is 0.220 e. The van der Waals surface area contributed by atoms with Crippen LogP contribution in [0, 0.1) is 5.82 Å². The molecule has 1 aromatic heterocycles. The van der Waals surface area contributed by atoms with Gasteiger partial charge in [-0.15, -0.1) is 0 Å². The number of hydrogen-bond acceptors (Lipinski definition) is 7. The number of phenols is 1. The summed E-state index contributed by atoms with van der Waals surface area (Å²) in [6, 6.07) is 17.9. The predicted octanol–water partition coefficient (Wildman–Crippen LogP) is 4.95. The molecule has 8 heteroatoms. The van der Waals surface area contributed by atoms with Gasteiger partial charge in [-0.05, 0) is 42.0 Å². The van der Waals surface area contributed by atoms with Gasteiger partial charge in [0.2, 0.25) is 5.95 Å². The number of methoxy groups -OCH3 is 1. The summed E-state index contributed by atoms with van der Waals surface area (Å²) in [6.45, 7) is 0.224. The van der Waals surface area contributed by atoms with Crippen molar-refractivity contribution in [3.63, 3.8) is 0 Å². The van der Waals surface area contributed by atoms with Crippen LogP contribution in [-0.4, -0.2) is 22.2 Å². The smallest absolute Gasteiger partial charge is 0.220 e. The Kier molecular flexibility index (Phi) is 6.03. The molecule has 0 atom stereocenters. The van der Waals surface area contributed by atoms with Crippen LogP contribution >= 0.6 is 0 Å². The van der Waals surface area contributed by atoms with E-state index in [2.05, 4.69) is 9.97 Å². The Morgan fingerprint density at radius 3 is 2.44 bits per heavy atom. The Labute approximate surface area is 183 Å². The highest BCUT2D eigenvalue weighted by Crippen LogP contribution is 2.40. The summed E-state index contributed by atoms with van der Waals surface area (Å²) in [5.41, 5.74) is 7.28. The molecule has 0 saturated carbocycles. The van der Waals surface area contributed by atoms with Gasteiger partial charge >= 0.3 is 0 Å². The molecular weight excluding hydrogens is 413 g/mol. The third-order valence-electron chi connectivity index (χ3n) is 4.61. The van der Waals surface area contributed by atoms with E-state index in [0.717, 1.165) is 5.56 Å². The number of benzene rings is 3. The van der Waals surface area contributed by atoms with Crippen molar-refractivity contribution in [2.75, 3.05) is 12.8 Å². The fourth-order valence-corrected chi connectivity index (χ4v) is 3.02. The van der Waals surface area contributed by atoms with Crippen molar-refractivity contribution in [2.24, 2.45) is 0 Å². The monoisotopic (exact) mass is 433 g/mol. The molecule has 0 unspecified atom stereocenters. The number of nitrogen functional groups attached to an aromatic ring is 1. The van der Waals surface area contributed by atoms with Crippen molar-refractivity contribution in [3.8, 4) is 40.0 Å². The zero-order valence-electron chi connectivity index (χ0n) is 17.2. The highest BCUT2D eigenvalue weighted by molar-refractivity contribution is 5.74. The normalized spacial score (nSPS) is 10.6. The summed E-state index contributed by atoms with van der Waals surface area (Å²) in [5.74, 6) is 1.36. The number of nitrogens with two attached hydrogens (primary N) is 1. The Balaban J connectivity index is 1.60. The number of halogens is 1. The molecule has 0 aliphatic heterocycles. The van der Waals surface area contributed by atoms with Gasteiger partial charge < -0.3 is 25.1 Å². The Bertz CT molecular complexity index is 1230. The molecule has 32 heavy (non-hydrogen) atoms. The van der Waals surface area contributed by atoms with E-state index in [-0.39, 0.29) is 24.1 Å². The molecule has 0 amide bonds. The van der Waals surface area contributed by atoms with E-state index in [1.807, 2.05) is 6.07 Å². The maximum absolute atomic E-state index is 13.0. The average Bonchev–Trinajstić information content (AvgIpc) is 2.80. The van der Waals surface area contributed by atoms with E-state index in [9.17, 15) is 9.50 Å². The van der Waals surface area contributed by atoms with Gasteiger partial charge in [0, 0.05) is 11.6 Å². The molecule has 1 heterocycles. The number of ether oxygens (including phenoxy) is 3. The lowest BCUT2D eigenvalue weighted by Crippen LogP contribution is -2.00. The number of anilines is 1. The minimum Gasteiger partial charge on any atom is -0.507 e. The van der Waals surface area contributed by atoms with Crippen LogP contribution in [0.15, 0.2) is 72.9 Å². The van der Waals surface area contributed by atoms with Crippen LogP contribution < -0.4 is 19.9 Å². The van der Waals surface area contributed by atoms with Crippen LogP contribution in [0.5, 0.6) is 28.7 Å². The number of rotatable bonds is 7. The number of hydrogen-bond donors (Lipinski definition) is 2. The van der Waals surface area contributed by atoms with E-state index in [0.29, 0.717) is 34.3 Å². The molecule has 0 bridgehead atoms. The minimum atomic E-state index is -0.314. The lowest BCUT2D eigenvalue weighted by atomic mass is 10.1. The van der Waals surface area contributed by atoms with E-state index in [1.165, 1.54) is 24.4 Å². The minimum absolute atomic E-state index is 0.0309. The summed E-state index contributed by atoms with van der Waals surface area (Å²) in [5, 5.41) is 10.6. The first-order valence-electron chi connectivity index (χ1n) is 9.67. The van der Waals surface area contributed by atoms with Gasteiger partial charge in [-0.1, -0.05) is 24.3 Å². The first-order chi connectivity index (χ1) is 15.5. The van der Waals surface area contributed by atoms with Crippen molar-refractivity contribution in [1.29, 1.82) is 0 Å². The molecule has 3 aromatic carbocycles. The number of para-hydroxylation sites is 2. The van der Waals surface area contributed by atoms with Crippen LogP contribution in [0.2, 0.25) is 0 Å². The lowest BCUT2D eigenvalue weighted by Gasteiger charge is -2.14. The first-order valence-corrected chi connectivity index (χ1v) is 9.67. The quantitative estimate of drug-likeness (QED) is 0.425. The topological polar surface area (TPSA) is 99.7 Å². The Morgan fingerprint density at radius 1 is 0.969 bits per heavy atom. The predicted molar refractivity (Wildman–Crippen MR) is 117 cm³/mol. The largest absolute Gasteiger partial charge is 0.507 e. The second-order valence-corrected chi connectivity index (χ2v) is 6.79. The Hall–Kier alpha value is -4.33. The molecule has 4 aromatic rings. The zero-order chi connectivity index (χ0) is 22.5. The van der Waals surface area contributed by atoms with E-state index in [1.54, 1.807) is 49.6 Å². The molecular formula is C24H20FN3O4. The van der Waals surface area contributed by atoms with Gasteiger partial charge in [0.15, 0.2) is 17.2 Å². The fourth-order valence-electron chi connectivity index (χ4n) is 3.02. The molecule has 0 saturated heterocycles. The highest BCUT2D eigenvalue weighted by atomic mass is 19.1. The van der Waals surface area contributed by atoms with E-state index in [4.69, 9.17) is 19.9 Å². The number of nitrogens with zero attached hydrogens (tertiary/aromatic N) is 2. The highest BCUT2D eigenvalue weighted by Gasteiger charge is 2.17. The number of aromatic hydroxyl groups is 1. The standard InChI is InChI=1S/C24H20FN3O4/c1-30-20-4-2-3-5-21(20)32-22-13-27-24(26)28-23(22)18-11-10-17(12-19(18)29)31-14-15-6-8-16(25)9-7-15/h2-13,29H,14H2,1H3,(H2,26,27,28). The molecule has 0 radical (unpaired) electrons. The van der Waals surface area contributed by atoms with Gasteiger partial charge in [0.25, 0.3) is 0 Å². The molecule has 4 rings (SSSR count). The van der Waals surface area contributed by atoms with Crippen LogP contribution in [0.25, 0.3) is 11.3 Å². The van der Waals surface area contributed by atoms with Gasteiger partial charge in [0.05, 0.1) is 13.3 Å². The second-order valence-electron chi connectivity index (χ2n) is 6.79. The van der Waals surface area contributed by atoms with Gasteiger partial charge in [0.1, 0.15) is 29.6 Å². The summed E-state index contributed by atoms with van der Waals surface area (Å²) in [6.07, 6.45) is 1.43. The van der Waals surface area contributed by atoms with Crippen molar-refractivity contribution >= 4 is 5.95 Å². The third-order valence-corrected chi connectivity index (χ3v) is 4.61. The lowest BCUT2D eigenvalue weighted by molar-refractivity contribution is 0.304. The van der Waals surface area contributed by atoms with Crippen molar-refractivity contribution in [1.82, 2.24) is 9.97 Å². The van der Waals surface area contributed by atoms with Gasteiger partial charge in [-0.2, -0.15) is 0 Å². The van der Waals surface area contributed by atoms with Crippen LogP contribution in [0.1, 0.15) is 5.56 Å². The van der Waals surface area contributed by atoms with Crippen LogP contribution in [0.4, 0.5) is 10.3 Å². The van der Waals surface area contributed by atoms with Gasteiger partial charge in [-0.25, -0.2) is 14.4 Å². The van der Waals surface area contributed by atoms with Crippen LogP contribution in [-0.2, 0) is 6.61 Å². The molecule has 3 N–H and O–H groups in total. The maximum atomic E-state index is 13.0.